The molecular formula is C34H34N4O2S. The highest BCUT2D eigenvalue weighted by Gasteiger charge is 2.25. The largest absolute Gasteiger partial charge is 0.367 e. The third-order valence-corrected chi connectivity index (χ3v) is 7.68. The molecule has 0 aliphatic heterocycles. The molecule has 41 heavy (non-hydrogen) atoms. The minimum absolute atomic E-state index is 0.0478. The molecule has 0 fully saturated rings. The number of aromatic nitrogens is 3. The third kappa shape index (κ3) is 7.93. The van der Waals surface area contributed by atoms with Crippen LogP contribution < -0.4 is 5.32 Å². The topological polar surface area (TPSA) is 69.0 Å². The zero-order chi connectivity index (χ0) is 28.4. The van der Waals surface area contributed by atoms with Gasteiger partial charge in [0.1, 0.15) is 6.61 Å². The van der Waals surface area contributed by atoms with E-state index >= 15 is 0 Å². The molecule has 0 aliphatic carbocycles. The number of thioether (sulfide) groups is 1. The number of rotatable bonds is 12. The zero-order valence-electron chi connectivity index (χ0n) is 23.4. The maximum absolute atomic E-state index is 13.2. The monoisotopic (exact) mass is 562 g/mol. The fourth-order valence-corrected chi connectivity index (χ4v) is 5.52. The molecular weight excluding hydrogens is 528 g/mol. The average molecular weight is 563 g/mol. The Labute approximate surface area is 245 Å². The van der Waals surface area contributed by atoms with E-state index in [9.17, 15) is 4.79 Å². The highest BCUT2D eigenvalue weighted by Crippen LogP contribution is 2.29. The lowest BCUT2D eigenvalue weighted by Gasteiger charge is -2.20. The summed E-state index contributed by atoms with van der Waals surface area (Å²) in [6, 6.07) is 36.3. The van der Waals surface area contributed by atoms with Crippen molar-refractivity contribution in [1.29, 1.82) is 0 Å². The summed E-state index contributed by atoms with van der Waals surface area (Å²) in [6.07, 6.45) is 0.567. The summed E-state index contributed by atoms with van der Waals surface area (Å²) < 4.78 is 7.81. The lowest BCUT2D eigenvalue weighted by atomic mass is 10.0. The van der Waals surface area contributed by atoms with Gasteiger partial charge in [-0.3, -0.25) is 9.36 Å². The van der Waals surface area contributed by atoms with Crippen molar-refractivity contribution >= 4 is 17.7 Å². The molecule has 1 amide bonds. The fourth-order valence-electron chi connectivity index (χ4n) is 4.62. The van der Waals surface area contributed by atoms with E-state index in [1.807, 2.05) is 48.5 Å². The quantitative estimate of drug-likeness (QED) is 0.170. The first-order valence-corrected chi connectivity index (χ1v) is 14.7. The predicted molar refractivity (Wildman–Crippen MR) is 164 cm³/mol. The van der Waals surface area contributed by atoms with Crippen molar-refractivity contribution < 1.29 is 9.53 Å². The Bertz CT molecular complexity index is 1550. The lowest BCUT2D eigenvalue weighted by Crippen LogP contribution is -2.34. The van der Waals surface area contributed by atoms with Crippen molar-refractivity contribution in [2.24, 2.45) is 0 Å². The molecule has 4 aromatic carbocycles. The first kappa shape index (κ1) is 28.3. The summed E-state index contributed by atoms with van der Waals surface area (Å²) >= 11 is 1.63. The summed E-state index contributed by atoms with van der Waals surface area (Å²) in [5, 5.41) is 13.2. The SMILES string of the molecule is Cc1ccc(-n2c(SCc3cccc(C)c3)nnc2C(Cc2ccccc2)NC(=O)COCc2ccccc2)cc1. The minimum Gasteiger partial charge on any atom is -0.367 e. The number of carbonyl (C=O) groups is 1. The standard InChI is InChI=1S/C34H34N4O2S/c1-25-16-18-30(19-17-25)38-33(36-37-34(38)41-24-29-15-9-10-26(2)20-29)31(21-27-11-5-3-6-12-27)35-32(39)23-40-22-28-13-7-4-8-14-28/h3-20,31H,21-24H2,1-2H3,(H,35,39). The molecule has 1 aromatic heterocycles. The van der Waals surface area contributed by atoms with Crippen LogP contribution in [-0.2, 0) is 28.3 Å². The van der Waals surface area contributed by atoms with Gasteiger partial charge < -0.3 is 10.1 Å². The molecule has 0 aliphatic rings. The smallest absolute Gasteiger partial charge is 0.246 e. The van der Waals surface area contributed by atoms with Gasteiger partial charge in [-0.15, -0.1) is 10.2 Å². The number of amides is 1. The molecule has 1 atom stereocenters. The maximum atomic E-state index is 13.2. The Morgan fingerprint density at radius 2 is 1.49 bits per heavy atom. The third-order valence-electron chi connectivity index (χ3n) is 6.68. The molecule has 1 unspecified atom stereocenters. The summed E-state index contributed by atoms with van der Waals surface area (Å²) in [7, 11) is 0. The van der Waals surface area contributed by atoms with E-state index < -0.39 is 6.04 Å². The van der Waals surface area contributed by atoms with Gasteiger partial charge in [0.2, 0.25) is 5.91 Å². The first-order valence-electron chi connectivity index (χ1n) is 13.7. The van der Waals surface area contributed by atoms with Gasteiger partial charge in [-0.2, -0.15) is 0 Å². The van der Waals surface area contributed by atoms with Gasteiger partial charge in [0.05, 0.1) is 12.6 Å². The maximum Gasteiger partial charge on any atom is 0.246 e. The zero-order valence-corrected chi connectivity index (χ0v) is 24.2. The molecule has 0 radical (unpaired) electrons. The van der Waals surface area contributed by atoms with Gasteiger partial charge >= 0.3 is 0 Å². The number of ether oxygens (including phenoxy) is 1. The molecule has 1 N–H and O–H groups in total. The van der Waals surface area contributed by atoms with Gasteiger partial charge in [-0.25, -0.2) is 0 Å². The number of carbonyl (C=O) groups excluding carboxylic acids is 1. The Morgan fingerprint density at radius 3 is 2.20 bits per heavy atom. The Kier molecular flexibility index (Phi) is 9.62. The predicted octanol–water partition coefficient (Wildman–Crippen LogP) is 6.79. The number of benzene rings is 4. The lowest BCUT2D eigenvalue weighted by molar-refractivity contribution is -0.126. The van der Waals surface area contributed by atoms with Gasteiger partial charge in [-0.1, -0.05) is 120 Å². The molecule has 7 heteroatoms. The van der Waals surface area contributed by atoms with Crippen LogP contribution in [0.1, 0.15) is 39.7 Å². The summed E-state index contributed by atoms with van der Waals surface area (Å²) in [4.78, 5) is 13.2. The Hall–Kier alpha value is -4.20. The Balaban J connectivity index is 1.42. The number of hydrogen-bond donors (Lipinski definition) is 1. The van der Waals surface area contributed by atoms with Crippen LogP contribution in [0.5, 0.6) is 0 Å². The normalized spacial score (nSPS) is 11.8. The van der Waals surface area contributed by atoms with Gasteiger partial charge in [-0.05, 0) is 49.1 Å². The van der Waals surface area contributed by atoms with E-state index in [4.69, 9.17) is 4.74 Å². The van der Waals surface area contributed by atoms with Gasteiger partial charge in [0.15, 0.2) is 11.0 Å². The fraction of sp³-hybridized carbons (Fsp3) is 0.206. The number of nitrogens with one attached hydrogen (secondary N) is 1. The van der Waals surface area contributed by atoms with E-state index in [-0.39, 0.29) is 12.5 Å². The molecule has 1 heterocycles. The van der Waals surface area contributed by atoms with Crippen LogP contribution in [0.4, 0.5) is 0 Å². The molecule has 0 spiro atoms. The van der Waals surface area contributed by atoms with Crippen LogP contribution in [0, 0.1) is 13.8 Å². The average Bonchev–Trinajstić information content (AvgIpc) is 3.41. The molecule has 0 bridgehead atoms. The van der Waals surface area contributed by atoms with Crippen LogP contribution in [0.2, 0.25) is 0 Å². The minimum atomic E-state index is -0.410. The highest BCUT2D eigenvalue weighted by atomic mass is 32.2. The second-order valence-electron chi connectivity index (χ2n) is 10.1. The molecule has 5 rings (SSSR count). The van der Waals surface area contributed by atoms with Crippen molar-refractivity contribution in [2.45, 2.75) is 43.8 Å². The molecule has 6 nitrogen and oxygen atoms in total. The van der Waals surface area contributed by atoms with E-state index in [1.165, 1.54) is 16.7 Å². The van der Waals surface area contributed by atoms with Crippen LogP contribution in [-0.4, -0.2) is 27.3 Å². The number of hydrogen-bond acceptors (Lipinski definition) is 5. The van der Waals surface area contributed by atoms with Gasteiger partial charge in [0, 0.05) is 11.4 Å². The highest BCUT2D eigenvalue weighted by molar-refractivity contribution is 7.98. The summed E-state index contributed by atoms with van der Waals surface area (Å²) in [5.74, 6) is 1.24. The van der Waals surface area contributed by atoms with Crippen molar-refractivity contribution in [3.05, 3.63) is 143 Å². The van der Waals surface area contributed by atoms with E-state index in [0.29, 0.717) is 18.9 Å². The van der Waals surface area contributed by atoms with Crippen LogP contribution in [0.3, 0.4) is 0 Å². The van der Waals surface area contributed by atoms with Gasteiger partial charge in [0.25, 0.3) is 0 Å². The molecule has 5 aromatic rings. The molecule has 208 valence electrons. The van der Waals surface area contributed by atoms with E-state index in [1.54, 1.807) is 11.8 Å². The van der Waals surface area contributed by atoms with Crippen molar-refractivity contribution in [1.82, 2.24) is 20.1 Å². The second kappa shape index (κ2) is 13.9. The molecule has 0 saturated heterocycles. The summed E-state index contributed by atoms with van der Waals surface area (Å²) in [6.45, 7) is 4.49. The van der Waals surface area contributed by atoms with E-state index in [2.05, 4.69) is 94.6 Å². The number of nitrogens with zero attached hydrogens (tertiary/aromatic N) is 3. The van der Waals surface area contributed by atoms with Crippen molar-refractivity contribution in [3.63, 3.8) is 0 Å². The molecule has 0 saturated carbocycles. The van der Waals surface area contributed by atoms with E-state index in [0.717, 1.165) is 27.7 Å². The number of aryl methyl sites for hydroxylation is 2. The van der Waals surface area contributed by atoms with Crippen molar-refractivity contribution in [3.8, 4) is 5.69 Å². The first-order chi connectivity index (χ1) is 20.0. The summed E-state index contributed by atoms with van der Waals surface area (Å²) in [5.41, 5.74) is 6.69. The second-order valence-corrected chi connectivity index (χ2v) is 11.0. The van der Waals surface area contributed by atoms with Crippen molar-refractivity contribution in [2.75, 3.05) is 6.61 Å². The van der Waals surface area contributed by atoms with Crippen LogP contribution in [0.25, 0.3) is 5.69 Å². The van der Waals surface area contributed by atoms with Crippen LogP contribution in [0.15, 0.2) is 114 Å². The Morgan fingerprint density at radius 1 is 0.805 bits per heavy atom. The van der Waals surface area contributed by atoms with Crippen LogP contribution >= 0.6 is 11.8 Å².